The number of nitrogens with one attached hydrogen (secondary N) is 2. The Morgan fingerprint density at radius 3 is 3.08 bits per heavy atom. The van der Waals surface area contributed by atoms with Crippen LogP contribution in [0, 0.1) is 0 Å². The van der Waals surface area contributed by atoms with E-state index in [0.29, 0.717) is 0 Å². The first kappa shape index (κ1) is 7.22. The highest BCUT2D eigenvalue weighted by atomic mass is 14.9. The van der Waals surface area contributed by atoms with Crippen molar-refractivity contribution in [1.29, 1.82) is 0 Å². The minimum absolute atomic E-state index is 0.958. The lowest BCUT2D eigenvalue weighted by molar-refractivity contribution is 1.26. The van der Waals surface area contributed by atoms with Gasteiger partial charge in [-0.3, -0.25) is 0 Å². The Hall–Kier alpha value is -1.44. The first-order chi connectivity index (χ1) is 5.79. The molecule has 0 bridgehead atoms. The summed E-state index contributed by atoms with van der Waals surface area (Å²) in [6, 6.07) is 6.32. The quantitative estimate of drug-likeness (QED) is 0.658. The largest absolute Gasteiger partial charge is 0.388 e. The zero-order valence-corrected chi connectivity index (χ0v) is 7.15. The molecule has 0 aliphatic carbocycles. The molecule has 62 valence electrons. The molecule has 12 heavy (non-hydrogen) atoms. The van der Waals surface area contributed by atoms with Crippen LogP contribution >= 0.6 is 0 Å². The van der Waals surface area contributed by atoms with Gasteiger partial charge in [0.25, 0.3) is 0 Å². The molecule has 1 aliphatic heterocycles. The Morgan fingerprint density at radius 1 is 1.50 bits per heavy atom. The second-order valence-electron chi connectivity index (χ2n) is 3.03. The van der Waals surface area contributed by atoms with E-state index in [1.165, 1.54) is 11.3 Å². The van der Waals surface area contributed by atoms with Crippen LogP contribution in [0.4, 0.5) is 11.4 Å². The van der Waals surface area contributed by atoms with Crippen molar-refractivity contribution in [3.05, 3.63) is 36.0 Å². The molecule has 1 aromatic rings. The van der Waals surface area contributed by atoms with Crippen LogP contribution < -0.4 is 10.6 Å². The Kier molecular flexibility index (Phi) is 1.54. The highest BCUT2D eigenvalue weighted by Gasteiger charge is 2.12. The SMILES string of the molecule is C=C1Cc2ccc(NC)cc2N1. The lowest BCUT2D eigenvalue weighted by Gasteiger charge is -2.03. The van der Waals surface area contributed by atoms with Crippen LogP contribution in [0.25, 0.3) is 0 Å². The minimum atomic E-state index is 0.958. The molecule has 1 aromatic carbocycles. The molecular weight excluding hydrogens is 148 g/mol. The number of hydrogen-bond acceptors (Lipinski definition) is 2. The van der Waals surface area contributed by atoms with Crippen LogP contribution in [0.3, 0.4) is 0 Å². The third kappa shape index (κ3) is 1.05. The van der Waals surface area contributed by atoms with Gasteiger partial charge in [-0.2, -0.15) is 0 Å². The minimum Gasteiger partial charge on any atom is -0.388 e. The van der Waals surface area contributed by atoms with E-state index in [1.54, 1.807) is 0 Å². The Morgan fingerprint density at radius 2 is 2.33 bits per heavy atom. The lowest BCUT2D eigenvalue weighted by Crippen LogP contribution is -1.90. The van der Waals surface area contributed by atoms with E-state index in [1.807, 2.05) is 7.05 Å². The summed E-state index contributed by atoms with van der Waals surface area (Å²) in [5, 5.41) is 6.34. The Bertz CT molecular complexity index is 329. The van der Waals surface area contributed by atoms with Crippen molar-refractivity contribution < 1.29 is 0 Å². The van der Waals surface area contributed by atoms with E-state index in [9.17, 15) is 0 Å². The maximum Gasteiger partial charge on any atom is 0.0438 e. The summed E-state index contributed by atoms with van der Waals surface area (Å²) in [6.45, 7) is 3.89. The van der Waals surface area contributed by atoms with Crippen molar-refractivity contribution in [3.63, 3.8) is 0 Å². The van der Waals surface area contributed by atoms with Gasteiger partial charge in [-0.05, 0) is 17.7 Å². The summed E-state index contributed by atoms with van der Waals surface area (Å²) in [7, 11) is 1.92. The van der Waals surface area contributed by atoms with Gasteiger partial charge in [-0.1, -0.05) is 12.6 Å². The van der Waals surface area contributed by atoms with E-state index in [4.69, 9.17) is 0 Å². The third-order valence-electron chi connectivity index (χ3n) is 2.11. The van der Waals surface area contributed by atoms with Crippen LogP contribution in [0.15, 0.2) is 30.5 Å². The first-order valence-electron chi connectivity index (χ1n) is 4.05. The molecule has 2 nitrogen and oxygen atoms in total. The Labute approximate surface area is 72.3 Å². The van der Waals surface area contributed by atoms with Gasteiger partial charge in [0.2, 0.25) is 0 Å². The van der Waals surface area contributed by atoms with Gasteiger partial charge in [-0.25, -0.2) is 0 Å². The smallest absolute Gasteiger partial charge is 0.0438 e. The van der Waals surface area contributed by atoms with Crippen LogP contribution in [0.5, 0.6) is 0 Å². The van der Waals surface area contributed by atoms with Gasteiger partial charge in [0.1, 0.15) is 0 Å². The van der Waals surface area contributed by atoms with Gasteiger partial charge in [0.05, 0.1) is 0 Å². The zero-order chi connectivity index (χ0) is 8.55. The molecule has 0 fully saturated rings. The van der Waals surface area contributed by atoms with Crippen molar-refractivity contribution >= 4 is 11.4 Å². The molecule has 0 aromatic heterocycles. The first-order valence-corrected chi connectivity index (χ1v) is 4.05. The van der Waals surface area contributed by atoms with Crippen molar-refractivity contribution in [2.24, 2.45) is 0 Å². The molecule has 2 rings (SSSR count). The molecule has 0 saturated carbocycles. The molecule has 1 aliphatic rings. The van der Waals surface area contributed by atoms with E-state index >= 15 is 0 Å². The van der Waals surface area contributed by atoms with Crippen LogP contribution in [-0.4, -0.2) is 7.05 Å². The lowest BCUT2D eigenvalue weighted by atomic mass is 10.1. The number of anilines is 2. The molecule has 0 atom stereocenters. The van der Waals surface area contributed by atoms with Crippen molar-refractivity contribution in [1.82, 2.24) is 0 Å². The van der Waals surface area contributed by atoms with Gasteiger partial charge in [0.15, 0.2) is 0 Å². The molecule has 1 heterocycles. The average molecular weight is 160 g/mol. The number of benzene rings is 1. The van der Waals surface area contributed by atoms with Crippen molar-refractivity contribution in [2.75, 3.05) is 17.7 Å². The van der Waals surface area contributed by atoms with Crippen LogP contribution in [0.2, 0.25) is 0 Å². The Balaban J connectivity index is 2.41. The number of rotatable bonds is 1. The second kappa shape index (κ2) is 2.55. The van der Waals surface area contributed by atoms with E-state index in [2.05, 4.69) is 35.4 Å². The fraction of sp³-hybridized carbons (Fsp3) is 0.200. The maximum atomic E-state index is 3.89. The molecule has 2 N–H and O–H groups in total. The number of allylic oxidation sites excluding steroid dienone is 1. The molecule has 0 unspecified atom stereocenters. The van der Waals surface area contributed by atoms with E-state index < -0.39 is 0 Å². The number of fused-ring (bicyclic) bond motifs is 1. The van der Waals surface area contributed by atoms with Crippen LogP contribution in [0.1, 0.15) is 5.56 Å². The average Bonchev–Trinajstić information content (AvgIpc) is 2.43. The fourth-order valence-electron chi connectivity index (χ4n) is 1.47. The predicted molar refractivity (Wildman–Crippen MR) is 52.5 cm³/mol. The normalized spacial score (nSPS) is 13.9. The summed E-state index contributed by atoms with van der Waals surface area (Å²) in [4.78, 5) is 0. The summed E-state index contributed by atoms with van der Waals surface area (Å²) in [5.41, 5.74) is 4.74. The maximum absolute atomic E-state index is 3.89. The van der Waals surface area contributed by atoms with Crippen molar-refractivity contribution in [3.8, 4) is 0 Å². The predicted octanol–water partition coefficient (Wildman–Crippen LogP) is 2.21. The molecule has 2 heteroatoms. The summed E-state index contributed by atoms with van der Waals surface area (Å²) in [5.74, 6) is 0. The van der Waals surface area contributed by atoms with E-state index in [-0.39, 0.29) is 0 Å². The molecule has 0 radical (unpaired) electrons. The number of hydrogen-bond donors (Lipinski definition) is 2. The summed E-state index contributed by atoms with van der Waals surface area (Å²) >= 11 is 0. The fourth-order valence-corrected chi connectivity index (χ4v) is 1.47. The van der Waals surface area contributed by atoms with Gasteiger partial charge in [-0.15, -0.1) is 0 Å². The highest BCUT2D eigenvalue weighted by Crippen LogP contribution is 2.29. The van der Waals surface area contributed by atoms with Gasteiger partial charge < -0.3 is 10.6 Å². The second-order valence-corrected chi connectivity index (χ2v) is 3.03. The molecular formula is C10H12N2. The topological polar surface area (TPSA) is 24.1 Å². The zero-order valence-electron chi connectivity index (χ0n) is 7.15. The summed E-state index contributed by atoms with van der Waals surface area (Å²) in [6.07, 6.45) is 0.958. The van der Waals surface area contributed by atoms with E-state index in [0.717, 1.165) is 17.8 Å². The molecule has 0 amide bonds. The standard InChI is InChI=1S/C10H12N2/c1-7-5-8-3-4-9(11-2)6-10(8)12-7/h3-4,6,11-12H,1,5H2,2H3. The molecule has 0 spiro atoms. The van der Waals surface area contributed by atoms with Gasteiger partial charge >= 0.3 is 0 Å². The monoisotopic (exact) mass is 160 g/mol. The molecule has 0 saturated heterocycles. The van der Waals surface area contributed by atoms with Crippen molar-refractivity contribution in [2.45, 2.75) is 6.42 Å². The summed E-state index contributed by atoms with van der Waals surface area (Å²) < 4.78 is 0. The highest BCUT2D eigenvalue weighted by molar-refractivity contribution is 5.67. The van der Waals surface area contributed by atoms with Gasteiger partial charge in [0, 0.05) is 30.5 Å². The third-order valence-corrected chi connectivity index (χ3v) is 2.11. The van der Waals surface area contributed by atoms with Crippen LogP contribution in [-0.2, 0) is 6.42 Å².